The van der Waals surface area contributed by atoms with Crippen molar-refractivity contribution in [1.82, 2.24) is 0 Å². The van der Waals surface area contributed by atoms with Crippen LogP contribution >= 0.6 is 0 Å². The number of esters is 2. The zero-order chi connectivity index (χ0) is 38.0. The Bertz CT molecular complexity index is 1210. The molecule has 1 rings (SSSR count). The van der Waals surface area contributed by atoms with Crippen LogP contribution in [0.25, 0.3) is 0 Å². The zero-order valence-corrected chi connectivity index (χ0v) is 36.8. The fraction of sp³-hybridized carbons (Fsp3) is 0.727. The summed E-state index contributed by atoms with van der Waals surface area (Å²) in [6, 6.07) is 3.62. The number of unbranched alkanes of at least 4 members (excludes halogenated alkanes) is 24. The molecule has 1 aromatic rings. The molecule has 53 heavy (non-hydrogen) atoms. The first kappa shape index (κ1) is 51.5. The van der Waals surface area contributed by atoms with Gasteiger partial charge in [-0.05, 0) is 76.3 Å². The Morgan fingerprint density at radius 2 is 0.868 bits per heavy atom. The fourth-order valence-electron chi connectivity index (χ4n) is 6.30. The SMILES string of the molecule is CCCCCC/C=C/CCCCCCCCCCOC(=O)c1cccc(S(=O)(=O)[O-])c1C(=O)OCCCCCCCCCC/C=C/CCCCCC.[Na+]. The maximum absolute atomic E-state index is 13.0. The molecule has 0 aromatic heterocycles. The van der Waals surface area contributed by atoms with E-state index in [-0.39, 0.29) is 48.3 Å². The molecule has 298 valence electrons. The summed E-state index contributed by atoms with van der Waals surface area (Å²) in [6.07, 6.45) is 41.7. The van der Waals surface area contributed by atoms with E-state index in [1.165, 1.54) is 134 Å². The molecule has 0 bridgehead atoms. The van der Waals surface area contributed by atoms with E-state index in [0.29, 0.717) is 12.8 Å². The van der Waals surface area contributed by atoms with Gasteiger partial charge in [-0.3, -0.25) is 0 Å². The van der Waals surface area contributed by atoms with Crippen molar-refractivity contribution in [3.05, 3.63) is 53.6 Å². The Kier molecular flexibility index (Phi) is 35.2. The molecule has 0 saturated heterocycles. The minimum atomic E-state index is -5.01. The van der Waals surface area contributed by atoms with Crippen LogP contribution < -0.4 is 29.6 Å². The van der Waals surface area contributed by atoms with Gasteiger partial charge in [0.15, 0.2) is 0 Å². The van der Waals surface area contributed by atoms with Crippen LogP contribution in [0.3, 0.4) is 0 Å². The first-order valence-corrected chi connectivity index (χ1v) is 22.5. The van der Waals surface area contributed by atoms with Crippen LogP contribution in [0.15, 0.2) is 47.4 Å². The second-order valence-corrected chi connectivity index (χ2v) is 15.6. The molecule has 0 saturated carbocycles. The van der Waals surface area contributed by atoms with E-state index in [2.05, 4.69) is 38.2 Å². The monoisotopic (exact) mass is 768 g/mol. The molecule has 0 radical (unpaired) electrons. The molecule has 0 atom stereocenters. The summed E-state index contributed by atoms with van der Waals surface area (Å²) in [4.78, 5) is 25.1. The van der Waals surface area contributed by atoms with E-state index in [9.17, 15) is 22.6 Å². The summed E-state index contributed by atoms with van der Waals surface area (Å²) in [5.41, 5.74) is -0.785. The number of hydrogen-bond acceptors (Lipinski definition) is 7. The van der Waals surface area contributed by atoms with Crippen molar-refractivity contribution < 1.29 is 61.6 Å². The molecule has 0 aliphatic carbocycles. The van der Waals surface area contributed by atoms with Crippen molar-refractivity contribution >= 4 is 22.1 Å². The summed E-state index contributed by atoms with van der Waals surface area (Å²) >= 11 is 0. The van der Waals surface area contributed by atoms with Crippen LogP contribution in [-0.2, 0) is 19.6 Å². The second kappa shape index (κ2) is 36.2. The van der Waals surface area contributed by atoms with Crippen LogP contribution in [0.5, 0.6) is 0 Å². The fourth-order valence-corrected chi connectivity index (χ4v) is 6.99. The van der Waals surface area contributed by atoms with Gasteiger partial charge in [0.2, 0.25) is 0 Å². The van der Waals surface area contributed by atoms with Crippen LogP contribution in [0.4, 0.5) is 0 Å². The molecule has 0 heterocycles. The number of benzene rings is 1. The number of hydrogen-bond donors (Lipinski definition) is 0. The summed E-state index contributed by atoms with van der Waals surface area (Å²) in [5, 5.41) is 0. The van der Waals surface area contributed by atoms with Crippen LogP contribution in [0.2, 0.25) is 0 Å². The van der Waals surface area contributed by atoms with E-state index in [1.54, 1.807) is 0 Å². The van der Waals surface area contributed by atoms with E-state index in [1.807, 2.05) is 0 Å². The molecule has 0 aliphatic heterocycles. The molecule has 0 spiro atoms. The maximum atomic E-state index is 13.0. The average Bonchev–Trinajstić information content (AvgIpc) is 3.13. The minimum absolute atomic E-state index is 0. The van der Waals surface area contributed by atoms with Crippen molar-refractivity contribution in [2.45, 2.75) is 199 Å². The molecular formula is C44H73NaO7S. The van der Waals surface area contributed by atoms with Crippen molar-refractivity contribution in [3.63, 3.8) is 0 Å². The van der Waals surface area contributed by atoms with Gasteiger partial charge in [0.25, 0.3) is 0 Å². The predicted octanol–water partition coefficient (Wildman–Crippen LogP) is 9.98. The number of allylic oxidation sites excluding steroid dienone is 4. The molecule has 1 aromatic carbocycles. The summed E-state index contributed by atoms with van der Waals surface area (Å²) in [6.45, 7) is 4.72. The van der Waals surface area contributed by atoms with Crippen LogP contribution in [0, 0.1) is 0 Å². The van der Waals surface area contributed by atoms with Gasteiger partial charge in [-0.2, -0.15) is 0 Å². The van der Waals surface area contributed by atoms with Gasteiger partial charge in [0.05, 0.1) is 29.2 Å². The first-order valence-electron chi connectivity index (χ1n) is 21.1. The van der Waals surface area contributed by atoms with Gasteiger partial charge in [0, 0.05) is 0 Å². The normalized spacial score (nSPS) is 11.7. The van der Waals surface area contributed by atoms with Crippen LogP contribution in [-0.4, -0.2) is 38.1 Å². The Balaban J connectivity index is 0.0000270. The van der Waals surface area contributed by atoms with Crippen molar-refractivity contribution in [1.29, 1.82) is 0 Å². The number of ether oxygens (including phenoxy) is 2. The maximum Gasteiger partial charge on any atom is 1.00 e. The molecule has 0 amide bonds. The molecular weight excluding hydrogens is 696 g/mol. The predicted molar refractivity (Wildman–Crippen MR) is 214 cm³/mol. The van der Waals surface area contributed by atoms with E-state index in [0.717, 1.165) is 51.0 Å². The Labute approximate surface area is 347 Å². The summed E-state index contributed by atoms with van der Waals surface area (Å²) in [7, 11) is -5.01. The second-order valence-electron chi connectivity index (χ2n) is 14.3. The minimum Gasteiger partial charge on any atom is -0.744 e. The van der Waals surface area contributed by atoms with Gasteiger partial charge in [-0.1, -0.05) is 160 Å². The first-order chi connectivity index (χ1) is 25.3. The van der Waals surface area contributed by atoms with Crippen molar-refractivity contribution in [2.75, 3.05) is 13.2 Å². The third-order valence-electron chi connectivity index (χ3n) is 9.50. The Hall–Kier alpha value is -1.45. The smallest absolute Gasteiger partial charge is 0.744 e. The van der Waals surface area contributed by atoms with E-state index >= 15 is 0 Å². The van der Waals surface area contributed by atoms with Gasteiger partial charge in [0.1, 0.15) is 10.1 Å². The molecule has 7 nitrogen and oxygen atoms in total. The van der Waals surface area contributed by atoms with Crippen molar-refractivity contribution in [2.24, 2.45) is 0 Å². The molecule has 9 heteroatoms. The number of carbonyl (C=O) groups is 2. The van der Waals surface area contributed by atoms with Crippen molar-refractivity contribution in [3.8, 4) is 0 Å². The standard InChI is InChI=1S/C44H74O7S.Na/c1-3-5-7-9-11-13-15-17-19-21-23-25-27-29-31-33-38-50-43(45)40-36-35-37-41(52(47,48)49)42(40)44(46)51-39-34-32-30-28-26-24-22-20-18-16-14-12-10-8-6-4-2;/h13-16,35-37H,3-12,17-34,38-39H2,1-2H3,(H,47,48,49);/q;+1/p-1/b15-13+,16-14+;. The number of carbonyl (C=O) groups excluding carboxylic acids is 2. The molecule has 0 aliphatic rings. The number of rotatable bonds is 35. The molecule has 0 N–H and O–H groups in total. The largest absolute Gasteiger partial charge is 1.00 e. The Morgan fingerprint density at radius 3 is 1.25 bits per heavy atom. The third-order valence-corrected chi connectivity index (χ3v) is 10.4. The van der Waals surface area contributed by atoms with E-state index < -0.39 is 32.5 Å². The average molecular weight is 769 g/mol. The summed E-state index contributed by atoms with van der Waals surface area (Å²) in [5.74, 6) is -1.82. The van der Waals surface area contributed by atoms with Gasteiger partial charge in [-0.15, -0.1) is 0 Å². The van der Waals surface area contributed by atoms with Crippen LogP contribution in [0.1, 0.15) is 214 Å². The zero-order valence-electron chi connectivity index (χ0n) is 34.0. The molecule has 0 unspecified atom stereocenters. The van der Waals surface area contributed by atoms with Gasteiger partial charge < -0.3 is 14.0 Å². The topological polar surface area (TPSA) is 110 Å². The summed E-state index contributed by atoms with van der Waals surface area (Å²) < 4.78 is 46.7. The molecule has 0 fully saturated rings. The third kappa shape index (κ3) is 28.6. The van der Waals surface area contributed by atoms with Gasteiger partial charge in [-0.25, -0.2) is 18.0 Å². The van der Waals surface area contributed by atoms with E-state index in [4.69, 9.17) is 9.47 Å². The Morgan fingerprint density at radius 1 is 0.528 bits per heavy atom. The quantitative estimate of drug-likeness (QED) is 0.0222. The van der Waals surface area contributed by atoms with Gasteiger partial charge >= 0.3 is 41.5 Å².